The van der Waals surface area contributed by atoms with Crippen LogP contribution in [-0.2, 0) is 23.9 Å². The zero-order chi connectivity index (χ0) is 31.5. The van der Waals surface area contributed by atoms with Crippen LogP contribution in [0.2, 0.25) is 0 Å². The molecule has 0 spiro atoms. The largest absolute Gasteiger partial charge is 0.305 e. The highest BCUT2D eigenvalue weighted by atomic mass is 15.1. The first-order valence-corrected chi connectivity index (χ1v) is 16.3. The highest BCUT2D eigenvalue weighted by Gasteiger charge is 2.57. The molecule has 6 aromatic carbocycles. The van der Waals surface area contributed by atoms with E-state index in [0.717, 1.165) is 13.1 Å². The molecule has 0 aliphatic heterocycles. The topological polar surface area (TPSA) is 6.48 Å². The second-order valence-electron chi connectivity index (χ2n) is 13.6. The molecule has 46 heavy (non-hydrogen) atoms. The van der Waals surface area contributed by atoms with Gasteiger partial charge in [-0.05, 0) is 95.0 Å². The van der Waals surface area contributed by atoms with Gasteiger partial charge in [-0.2, -0.15) is 0 Å². The SMILES string of the molecule is CN(C)Cc1ccc(C2(c3ccc(CN(C)C)cc3)c3ccccc3C3(c4ccccc4)c4ccccc4-c4cccc2c43)cc1. The molecule has 1 atom stereocenters. The second kappa shape index (κ2) is 10.9. The van der Waals surface area contributed by atoms with Crippen LogP contribution in [0.25, 0.3) is 11.1 Å². The van der Waals surface area contributed by atoms with Crippen molar-refractivity contribution in [2.45, 2.75) is 23.9 Å². The number of hydrogen-bond acceptors (Lipinski definition) is 2. The van der Waals surface area contributed by atoms with Gasteiger partial charge in [-0.15, -0.1) is 0 Å². The summed E-state index contributed by atoms with van der Waals surface area (Å²) >= 11 is 0. The molecule has 6 aromatic rings. The minimum atomic E-state index is -0.504. The van der Waals surface area contributed by atoms with Crippen molar-refractivity contribution in [3.8, 4) is 11.1 Å². The van der Waals surface area contributed by atoms with Crippen molar-refractivity contribution in [3.63, 3.8) is 0 Å². The summed E-state index contributed by atoms with van der Waals surface area (Å²) in [5.74, 6) is 0. The van der Waals surface area contributed by atoms with Crippen molar-refractivity contribution in [2.75, 3.05) is 28.2 Å². The third-order valence-corrected chi connectivity index (χ3v) is 10.2. The van der Waals surface area contributed by atoms with E-state index in [1.54, 1.807) is 0 Å². The van der Waals surface area contributed by atoms with Crippen molar-refractivity contribution >= 4 is 0 Å². The molecular formula is C44H40N2. The van der Waals surface area contributed by atoms with Crippen molar-refractivity contribution in [3.05, 3.63) is 201 Å². The van der Waals surface area contributed by atoms with E-state index in [9.17, 15) is 0 Å². The highest BCUT2D eigenvalue weighted by molar-refractivity contribution is 5.91. The van der Waals surface area contributed by atoms with Gasteiger partial charge in [0.25, 0.3) is 0 Å². The van der Waals surface area contributed by atoms with Gasteiger partial charge in [0.15, 0.2) is 0 Å². The van der Waals surface area contributed by atoms with E-state index in [4.69, 9.17) is 0 Å². The normalized spacial score (nSPS) is 17.1. The first kappa shape index (κ1) is 28.7. The number of fused-ring (bicyclic) bond motifs is 5. The molecule has 2 aliphatic rings. The summed E-state index contributed by atoms with van der Waals surface area (Å²) in [6.45, 7) is 1.83. The van der Waals surface area contributed by atoms with Gasteiger partial charge in [0, 0.05) is 13.1 Å². The van der Waals surface area contributed by atoms with Crippen LogP contribution < -0.4 is 0 Å². The number of benzene rings is 6. The molecule has 0 N–H and O–H groups in total. The summed E-state index contributed by atoms with van der Waals surface area (Å²) in [5.41, 5.74) is 15.2. The Morgan fingerprint density at radius 1 is 0.370 bits per heavy atom. The lowest BCUT2D eigenvalue weighted by Crippen LogP contribution is -2.44. The molecule has 2 aliphatic carbocycles. The number of nitrogens with zero attached hydrogens (tertiary/aromatic N) is 2. The summed E-state index contributed by atoms with van der Waals surface area (Å²) in [6.07, 6.45) is 0. The van der Waals surface area contributed by atoms with E-state index in [2.05, 4.69) is 184 Å². The standard InChI is InChI=1S/C44H40N2/c1-45(2)29-31-21-25-34(26-22-31)43(35-27-23-32(24-28-35)30-46(3)4)39-18-10-11-19-40(39)44(33-13-6-5-7-14-33)38-17-9-8-15-36(38)37-16-12-20-41(43)42(37)44/h5-28H,29-30H2,1-4H3. The Hall–Kier alpha value is -4.76. The fourth-order valence-corrected chi connectivity index (χ4v) is 8.62. The van der Waals surface area contributed by atoms with E-state index in [0.29, 0.717) is 0 Å². The Morgan fingerprint density at radius 3 is 1.37 bits per heavy atom. The summed E-state index contributed by atoms with van der Waals surface area (Å²) in [7, 11) is 8.54. The van der Waals surface area contributed by atoms with Gasteiger partial charge in [0.05, 0.1) is 10.8 Å². The van der Waals surface area contributed by atoms with Crippen molar-refractivity contribution in [1.82, 2.24) is 9.80 Å². The molecule has 1 unspecified atom stereocenters. The molecule has 0 aromatic heterocycles. The summed E-state index contributed by atoms with van der Waals surface area (Å²) < 4.78 is 0. The van der Waals surface area contributed by atoms with E-state index in [1.165, 1.54) is 66.8 Å². The molecule has 0 bridgehead atoms. The minimum absolute atomic E-state index is 0.417. The Balaban J connectivity index is 1.52. The third kappa shape index (κ3) is 4.04. The maximum absolute atomic E-state index is 2.42. The fourth-order valence-electron chi connectivity index (χ4n) is 8.62. The highest BCUT2D eigenvalue weighted by Crippen LogP contribution is 2.65. The van der Waals surface area contributed by atoms with Crippen LogP contribution in [-0.4, -0.2) is 38.0 Å². The fraction of sp³-hybridized carbons (Fsp3) is 0.182. The monoisotopic (exact) mass is 596 g/mol. The quantitative estimate of drug-likeness (QED) is 0.181. The maximum Gasteiger partial charge on any atom is 0.0720 e. The van der Waals surface area contributed by atoms with E-state index in [1.807, 2.05) is 0 Å². The number of rotatable bonds is 7. The van der Waals surface area contributed by atoms with E-state index < -0.39 is 10.8 Å². The molecule has 0 amide bonds. The smallest absolute Gasteiger partial charge is 0.0720 e. The van der Waals surface area contributed by atoms with Gasteiger partial charge in [-0.3, -0.25) is 0 Å². The molecule has 0 radical (unpaired) electrons. The Morgan fingerprint density at radius 2 is 0.804 bits per heavy atom. The summed E-state index contributed by atoms with van der Waals surface area (Å²) in [6, 6.07) is 55.5. The predicted molar refractivity (Wildman–Crippen MR) is 190 cm³/mol. The van der Waals surface area contributed by atoms with Crippen LogP contribution >= 0.6 is 0 Å². The lowest BCUT2D eigenvalue weighted by Gasteiger charge is -2.49. The van der Waals surface area contributed by atoms with Crippen LogP contribution in [0, 0.1) is 0 Å². The maximum atomic E-state index is 2.42. The van der Waals surface area contributed by atoms with Gasteiger partial charge in [0.2, 0.25) is 0 Å². The molecule has 2 nitrogen and oxygen atoms in total. The second-order valence-corrected chi connectivity index (χ2v) is 13.6. The molecule has 0 saturated heterocycles. The zero-order valence-corrected chi connectivity index (χ0v) is 27.2. The van der Waals surface area contributed by atoms with Crippen LogP contribution in [0.4, 0.5) is 0 Å². The van der Waals surface area contributed by atoms with Crippen LogP contribution in [0.3, 0.4) is 0 Å². The predicted octanol–water partition coefficient (Wildman–Crippen LogP) is 8.87. The Labute approximate surface area is 273 Å². The van der Waals surface area contributed by atoms with Gasteiger partial charge in [-0.1, -0.05) is 146 Å². The van der Waals surface area contributed by atoms with Gasteiger partial charge in [0.1, 0.15) is 0 Å². The molecule has 0 fully saturated rings. The first-order valence-electron chi connectivity index (χ1n) is 16.3. The van der Waals surface area contributed by atoms with Crippen molar-refractivity contribution in [1.29, 1.82) is 0 Å². The molecule has 226 valence electrons. The summed E-state index contributed by atoms with van der Waals surface area (Å²) in [5, 5.41) is 0. The lowest BCUT2D eigenvalue weighted by molar-refractivity contribution is 0.402. The molecular weight excluding hydrogens is 556 g/mol. The van der Waals surface area contributed by atoms with Crippen LogP contribution in [0.5, 0.6) is 0 Å². The molecule has 8 rings (SSSR count). The van der Waals surface area contributed by atoms with E-state index in [-0.39, 0.29) is 0 Å². The zero-order valence-electron chi connectivity index (χ0n) is 27.2. The van der Waals surface area contributed by atoms with Crippen LogP contribution in [0.15, 0.2) is 146 Å². The lowest BCUT2D eigenvalue weighted by atomic mass is 9.51. The number of hydrogen-bond donors (Lipinski definition) is 0. The van der Waals surface area contributed by atoms with Gasteiger partial charge in [-0.25, -0.2) is 0 Å². The van der Waals surface area contributed by atoms with Gasteiger partial charge < -0.3 is 9.80 Å². The van der Waals surface area contributed by atoms with Crippen LogP contribution in [0.1, 0.15) is 55.6 Å². The Kier molecular flexibility index (Phi) is 6.83. The first-order chi connectivity index (χ1) is 22.5. The third-order valence-electron chi connectivity index (χ3n) is 10.2. The molecule has 0 saturated carbocycles. The van der Waals surface area contributed by atoms with E-state index >= 15 is 0 Å². The average Bonchev–Trinajstić information content (AvgIpc) is 3.38. The molecule has 2 heteroatoms. The minimum Gasteiger partial charge on any atom is -0.305 e. The van der Waals surface area contributed by atoms with Crippen molar-refractivity contribution < 1.29 is 0 Å². The van der Waals surface area contributed by atoms with Gasteiger partial charge >= 0.3 is 0 Å². The van der Waals surface area contributed by atoms with Crippen molar-refractivity contribution in [2.24, 2.45) is 0 Å². The molecule has 0 heterocycles. The average molecular weight is 597 g/mol. The Bertz CT molecular complexity index is 1980. The summed E-state index contributed by atoms with van der Waals surface area (Å²) in [4.78, 5) is 4.47.